The van der Waals surface area contributed by atoms with E-state index in [1.807, 2.05) is 60.7 Å². The molecule has 6 heteroatoms. The maximum atomic E-state index is 13.7. The van der Waals surface area contributed by atoms with Crippen molar-refractivity contribution in [1.29, 1.82) is 0 Å². The summed E-state index contributed by atoms with van der Waals surface area (Å²) >= 11 is 0. The molecule has 0 aromatic heterocycles. The number of hydrogen-bond acceptors (Lipinski definition) is 3. The average molecular weight is 469 g/mol. The molecule has 5 atom stereocenters. The van der Waals surface area contributed by atoms with E-state index in [9.17, 15) is 17.8 Å². The number of ketones is 1. The second kappa shape index (κ2) is 7.49. The molecule has 2 saturated carbocycles. The van der Waals surface area contributed by atoms with Gasteiger partial charge in [-0.3, -0.25) is 13.8 Å². The van der Waals surface area contributed by atoms with Crippen LogP contribution in [0.25, 0.3) is 0 Å². The van der Waals surface area contributed by atoms with Crippen LogP contribution >= 0.6 is 0 Å². The Balaban J connectivity index is 1.81. The average Bonchev–Trinajstić information content (AvgIpc) is 3.13. The molecule has 5 rings (SSSR count). The van der Waals surface area contributed by atoms with Crippen LogP contribution in [0.3, 0.4) is 0 Å². The lowest BCUT2D eigenvalue weighted by Crippen LogP contribution is -2.77. The third-order valence-corrected chi connectivity index (χ3v) is 11.0. The Morgan fingerprint density at radius 3 is 1.85 bits per heavy atom. The molecule has 1 aliphatic heterocycles. The first-order valence-electron chi connectivity index (χ1n) is 12.0. The van der Waals surface area contributed by atoms with Crippen molar-refractivity contribution in [3.63, 3.8) is 0 Å². The fourth-order valence-corrected chi connectivity index (χ4v) is 9.77. The summed E-state index contributed by atoms with van der Waals surface area (Å²) in [6.07, 6.45) is 2.63. The van der Waals surface area contributed by atoms with Gasteiger partial charge in [0, 0.05) is 24.0 Å². The Hall–Kier alpha value is -2.02. The van der Waals surface area contributed by atoms with Crippen LogP contribution in [0.15, 0.2) is 60.7 Å². The molecule has 2 bridgehead atoms. The smallest absolute Gasteiger partial charge is 0.299 e. The van der Waals surface area contributed by atoms with Gasteiger partial charge in [0.25, 0.3) is 0 Å². The van der Waals surface area contributed by atoms with E-state index in [-0.39, 0.29) is 28.3 Å². The fraction of sp³-hybridized carbons (Fsp3) is 0.519. The molecule has 2 aromatic rings. The van der Waals surface area contributed by atoms with Crippen molar-refractivity contribution in [2.75, 3.05) is 6.54 Å². The third-order valence-electron chi connectivity index (χ3n) is 9.59. The predicted molar refractivity (Wildman–Crippen MR) is 128 cm³/mol. The first-order valence-corrected chi connectivity index (χ1v) is 13.5. The van der Waals surface area contributed by atoms with Gasteiger partial charge in [0.2, 0.25) is 5.37 Å². The minimum atomic E-state index is -4.56. The molecule has 5 nitrogen and oxygen atoms in total. The van der Waals surface area contributed by atoms with Crippen LogP contribution in [0, 0.1) is 16.7 Å². The number of fused-ring (bicyclic) bond motifs is 2. The van der Waals surface area contributed by atoms with Crippen LogP contribution in [0.2, 0.25) is 0 Å². The minimum Gasteiger partial charge on any atom is -0.299 e. The third kappa shape index (κ3) is 2.96. The zero-order valence-electron chi connectivity index (χ0n) is 19.6. The lowest BCUT2D eigenvalue weighted by molar-refractivity contribution is -1.02. The standard InChI is InChI=1S/C27H33NO4S/c1-19-15-17-28(19,24(20-10-6-4-7-11-20)21-12-8-5-9-13-21)25(33(30,31)32)27-16-14-22(18-23(27)29)26(27,2)3/h4-13,19,22,24-25H,14-18H2,1-3H3/p+1/t19-,22+,25?,27+,28?/m0/s1. The molecule has 2 aromatic carbocycles. The molecule has 3 fully saturated rings. The van der Waals surface area contributed by atoms with Crippen molar-refractivity contribution in [3.8, 4) is 0 Å². The van der Waals surface area contributed by atoms with Crippen molar-refractivity contribution in [1.82, 2.24) is 0 Å². The molecule has 0 radical (unpaired) electrons. The molecule has 1 saturated heterocycles. The van der Waals surface area contributed by atoms with Crippen LogP contribution in [0.4, 0.5) is 0 Å². The second-order valence-corrected chi connectivity index (χ2v) is 12.5. The molecular formula is C27H34NO4S+. The zero-order chi connectivity index (χ0) is 23.6. The summed E-state index contributed by atoms with van der Waals surface area (Å²) in [4.78, 5) is 13.7. The van der Waals surface area contributed by atoms with Crippen molar-refractivity contribution >= 4 is 15.9 Å². The van der Waals surface area contributed by atoms with E-state index in [0.29, 0.717) is 19.4 Å². The number of quaternary nitrogens is 1. The van der Waals surface area contributed by atoms with E-state index < -0.39 is 26.3 Å². The van der Waals surface area contributed by atoms with E-state index in [2.05, 4.69) is 20.8 Å². The Kier molecular flexibility index (Phi) is 5.16. The van der Waals surface area contributed by atoms with Crippen molar-refractivity contribution in [2.45, 2.75) is 63.9 Å². The highest BCUT2D eigenvalue weighted by Gasteiger charge is 2.77. The molecule has 0 amide bonds. The quantitative estimate of drug-likeness (QED) is 0.479. The maximum Gasteiger partial charge on any atom is 0.320 e. The number of benzene rings is 2. The van der Waals surface area contributed by atoms with Gasteiger partial charge in [0.1, 0.15) is 17.2 Å². The lowest BCUT2D eigenvalue weighted by atomic mass is 9.66. The van der Waals surface area contributed by atoms with Crippen molar-refractivity contribution in [2.24, 2.45) is 16.7 Å². The normalized spacial score (nSPS) is 33.8. The number of carbonyl (C=O) groups is 1. The largest absolute Gasteiger partial charge is 0.320 e. The van der Waals surface area contributed by atoms with E-state index in [0.717, 1.165) is 24.0 Å². The SMILES string of the molecule is C[C@H]1CC[N+]1(C(c1ccccc1)c1ccccc1)C([C@@]12CC[C@H](CC1=O)C2(C)C)S(=O)(=O)O. The fourth-order valence-electron chi connectivity index (χ4n) is 7.77. The summed E-state index contributed by atoms with van der Waals surface area (Å²) in [5.74, 6) is 0.181. The van der Waals surface area contributed by atoms with E-state index >= 15 is 0 Å². The van der Waals surface area contributed by atoms with Crippen LogP contribution in [0.1, 0.15) is 63.6 Å². The molecule has 2 aliphatic carbocycles. The highest BCUT2D eigenvalue weighted by Crippen LogP contribution is 2.69. The molecule has 0 spiro atoms. The van der Waals surface area contributed by atoms with Crippen LogP contribution in [-0.4, -0.2) is 41.2 Å². The lowest BCUT2D eigenvalue weighted by Gasteiger charge is -2.62. The predicted octanol–water partition coefficient (Wildman–Crippen LogP) is 4.99. The summed E-state index contributed by atoms with van der Waals surface area (Å²) in [6, 6.07) is 19.7. The number of Topliss-reactive ketones (excluding diaryl/α,β-unsaturated/α-hetero) is 1. The Morgan fingerprint density at radius 2 is 1.52 bits per heavy atom. The topological polar surface area (TPSA) is 71.4 Å². The van der Waals surface area contributed by atoms with Crippen LogP contribution in [-0.2, 0) is 14.9 Å². The van der Waals surface area contributed by atoms with Gasteiger partial charge in [0.05, 0.1) is 12.6 Å². The molecule has 1 N–H and O–H groups in total. The Morgan fingerprint density at radius 1 is 0.970 bits per heavy atom. The number of carbonyl (C=O) groups excluding carboxylic acids is 1. The monoisotopic (exact) mass is 468 g/mol. The van der Waals surface area contributed by atoms with Crippen molar-refractivity contribution < 1.29 is 22.2 Å². The van der Waals surface area contributed by atoms with Gasteiger partial charge in [-0.2, -0.15) is 8.42 Å². The Labute approximate surface area is 197 Å². The first kappa shape index (κ1) is 22.8. The molecule has 176 valence electrons. The highest BCUT2D eigenvalue weighted by atomic mass is 32.2. The van der Waals surface area contributed by atoms with Gasteiger partial charge >= 0.3 is 10.1 Å². The number of nitrogens with zero attached hydrogens (tertiary/aromatic N) is 1. The first-order chi connectivity index (χ1) is 15.6. The molecule has 1 heterocycles. The molecule has 3 aliphatic rings. The summed E-state index contributed by atoms with van der Waals surface area (Å²) in [6.45, 7) is 6.79. The van der Waals surface area contributed by atoms with Gasteiger partial charge in [-0.1, -0.05) is 74.5 Å². The van der Waals surface area contributed by atoms with Gasteiger partial charge in [-0.15, -0.1) is 0 Å². The van der Waals surface area contributed by atoms with Gasteiger partial charge in [-0.05, 0) is 31.1 Å². The molecule has 33 heavy (non-hydrogen) atoms. The highest BCUT2D eigenvalue weighted by molar-refractivity contribution is 7.86. The second-order valence-electron chi connectivity index (χ2n) is 11.0. The molecular weight excluding hydrogens is 434 g/mol. The van der Waals surface area contributed by atoms with Crippen LogP contribution < -0.4 is 0 Å². The summed E-state index contributed by atoms with van der Waals surface area (Å²) in [5.41, 5.74) is 0.460. The summed E-state index contributed by atoms with van der Waals surface area (Å²) in [5, 5.41) is -1.19. The Bertz CT molecular complexity index is 1120. The van der Waals surface area contributed by atoms with Crippen LogP contribution in [0.5, 0.6) is 0 Å². The van der Waals surface area contributed by atoms with Gasteiger partial charge in [-0.25, -0.2) is 0 Å². The number of likely N-dealkylation sites (tertiary alicyclic amines) is 1. The summed E-state index contributed by atoms with van der Waals surface area (Å²) < 4.78 is 38.1. The number of hydrogen-bond donors (Lipinski definition) is 1. The number of rotatable bonds is 6. The summed E-state index contributed by atoms with van der Waals surface area (Å²) in [7, 11) is -4.56. The zero-order valence-corrected chi connectivity index (χ0v) is 20.5. The maximum absolute atomic E-state index is 13.7. The van der Waals surface area contributed by atoms with E-state index in [1.54, 1.807) is 0 Å². The van der Waals surface area contributed by atoms with Gasteiger partial charge in [0.15, 0.2) is 0 Å². The molecule has 2 unspecified atom stereocenters. The van der Waals surface area contributed by atoms with Gasteiger partial charge < -0.3 is 0 Å². The van der Waals surface area contributed by atoms with E-state index in [4.69, 9.17) is 0 Å². The minimum absolute atomic E-state index is 0.0139. The van der Waals surface area contributed by atoms with E-state index in [1.165, 1.54) is 0 Å². The van der Waals surface area contributed by atoms with Crippen molar-refractivity contribution in [3.05, 3.63) is 71.8 Å².